The van der Waals surface area contributed by atoms with Crippen molar-refractivity contribution in [1.82, 2.24) is 9.97 Å². The van der Waals surface area contributed by atoms with E-state index in [0.717, 1.165) is 24.8 Å². The number of esters is 4. The van der Waals surface area contributed by atoms with Crippen LogP contribution in [0.3, 0.4) is 0 Å². The molecule has 0 radical (unpaired) electrons. The summed E-state index contributed by atoms with van der Waals surface area (Å²) in [6, 6.07) is 5.76. The second-order valence-corrected chi connectivity index (χ2v) is 9.05. The van der Waals surface area contributed by atoms with Crippen molar-refractivity contribution in [1.29, 1.82) is 0 Å². The third-order valence-electron chi connectivity index (χ3n) is 5.52. The number of aromatic nitrogens is 2. The molecule has 5 atom stereocenters. The lowest BCUT2D eigenvalue weighted by atomic mass is 9.97. The van der Waals surface area contributed by atoms with Crippen molar-refractivity contribution < 1.29 is 42.9 Å². The summed E-state index contributed by atoms with van der Waals surface area (Å²) in [5, 5.41) is 3.83. The predicted octanol–water partition coefficient (Wildman–Crippen LogP) is 1.50. The van der Waals surface area contributed by atoms with Crippen molar-refractivity contribution in [3.8, 4) is 0 Å². The van der Waals surface area contributed by atoms with E-state index >= 15 is 0 Å². The Balaban J connectivity index is 2.08. The smallest absolute Gasteiger partial charge is 0.303 e. The topological polar surface area (TPSA) is 155 Å². The maximum Gasteiger partial charge on any atom is 0.303 e. The van der Waals surface area contributed by atoms with Gasteiger partial charge in [-0.1, -0.05) is 6.07 Å². The zero-order valence-corrected chi connectivity index (χ0v) is 22.3. The summed E-state index contributed by atoms with van der Waals surface area (Å²) >= 11 is 0. The number of rotatable bonds is 8. The summed E-state index contributed by atoms with van der Waals surface area (Å²) in [4.78, 5) is 58.5. The Morgan fingerprint density at radius 1 is 0.895 bits per heavy atom. The van der Waals surface area contributed by atoms with Gasteiger partial charge in [-0.05, 0) is 24.6 Å². The van der Waals surface area contributed by atoms with Gasteiger partial charge in [-0.3, -0.25) is 19.2 Å². The maximum absolute atomic E-state index is 12.1. The number of hydrogen-bond acceptors (Lipinski definition) is 13. The molecule has 1 saturated heterocycles. The third-order valence-corrected chi connectivity index (χ3v) is 5.52. The van der Waals surface area contributed by atoms with Crippen LogP contribution in [0, 0.1) is 6.92 Å². The standard InChI is InChI=1S/C25H32N4O9/c1-12-8-9-17-18(10-12)26-25(27-23(17)29(6)7)28-24-22(37-16(5)33)21(36-15(4)32)20(35-14(3)31)19(38-24)11-34-13(2)30/h8-10,19-22,24H,11H2,1-7H3,(H,26,27,28)/t19-,20-,21+,22-,24-/m1/s1. The molecule has 38 heavy (non-hydrogen) atoms. The van der Waals surface area contributed by atoms with Gasteiger partial charge in [0.15, 0.2) is 24.5 Å². The van der Waals surface area contributed by atoms with Crippen LogP contribution in [0.25, 0.3) is 10.9 Å². The second kappa shape index (κ2) is 12.0. The second-order valence-electron chi connectivity index (χ2n) is 9.05. The molecule has 1 fully saturated rings. The van der Waals surface area contributed by atoms with E-state index in [4.69, 9.17) is 23.7 Å². The molecule has 1 aromatic carbocycles. The molecule has 0 saturated carbocycles. The molecule has 0 aliphatic carbocycles. The molecule has 2 aromatic rings. The zero-order valence-electron chi connectivity index (χ0n) is 22.3. The molecule has 0 amide bonds. The minimum atomic E-state index is -1.30. The average Bonchev–Trinajstić information content (AvgIpc) is 2.79. The lowest BCUT2D eigenvalue weighted by Gasteiger charge is -2.44. The summed E-state index contributed by atoms with van der Waals surface area (Å²) in [6.45, 7) is 6.30. The molecule has 206 valence electrons. The monoisotopic (exact) mass is 532 g/mol. The molecule has 1 aliphatic heterocycles. The van der Waals surface area contributed by atoms with Gasteiger partial charge in [0.2, 0.25) is 5.95 Å². The van der Waals surface area contributed by atoms with Gasteiger partial charge in [0, 0.05) is 47.2 Å². The highest BCUT2D eigenvalue weighted by Gasteiger charge is 2.52. The molecule has 0 spiro atoms. The first-order chi connectivity index (χ1) is 17.8. The lowest BCUT2D eigenvalue weighted by molar-refractivity contribution is -0.247. The fourth-order valence-corrected chi connectivity index (χ4v) is 4.10. The number of hydrogen-bond donors (Lipinski definition) is 1. The van der Waals surface area contributed by atoms with Crippen LogP contribution >= 0.6 is 0 Å². The largest absolute Gasteiger partial charge is 0.463 e. The van der Waals surface area contributed by atoms with E-state index in [2.05, 4.69) is 15.3 Å². The minimum Gasteiger partial charge on any atom is -0.463 e. The molecule has 1 aliphatic rings. The van der Waals surface area contributed by atoms with E-state index in [1.54, 1.807) is 0 Å². The van der Waals surface area contributed by atoms with Crippen LogP contribution in [0.15, 0.2) is 18.2 Å². The van der Waals surface area contributed by atoms with Crippen LogP contribution in [-0.4, -0.2) is 85.2 Å². The molecular weight excluding hydrogens is 500 g/mol. The van der Waals surface area contributed by atoms with Crippen molar-refractivity contribution in [3.63, 3.8) is 0 Å². The van der Waals surface area contributed by atoms with Crippen molar-refractivity contribution in [2.24, 2.45) is 0 Å². The van der Waals surface area contributed by atoms with E-state index in [1.807, 2.05) is 44.1 Å². The van der Waals surface area contributed by atoms with Gasteiger partial charge >= 0.3 is 23.9 Å². The minimum absolute atomic E-state index is 0.132. The number of anilines is 2. The van der Waals surface area contributed by atoms with E-state index in [-0.39, 0.29) is 12.6 Å². The Morgan fingerprint density at radius 2 is 1.50 bits per heavy atom. The molecule has 13 heteroatoms. The number of ether oxygens (including phenoxy) is 5. The summed E-state index contributed by atoms with van der Waals surface area (Å²) in [7, 11) is 3.67. The van der Waals surface area contributed by atoms with Gasteiger partial charge in [-0.15, -0.1) is 0 Å². The SMILES string of the molecule is CC(=O)OC[C@H]1O[C@@H](Nc2nc(N(C)C)c3ccc(C)cc3n2)[C@H](OC(C)=O)[C@@H](OC(C)=O)[C@@H]1OC(C)=O. The maximum atomic E-state index is 12.1. The molecule has 1 aromatic heterocycles. The first kappa shape index (κ1) is 28.6. The average molecular weight is 533 g/mol. The number of aryl methyl sites for hydroxylation is 1. The molecule has 3 rings (SSSR count). The summed E-state index contributed by atoms with van der Waals surface area (Å²) in [6.07, 6.45) is -6.12. The van der Waals surface area contributed by atoms with Crippen molar-refractivity contribution in [3.05, 3.63) is 23.8 Å². The van der Waals surface area contributed by atoms with Crippen LogP contribution in [0.2, 0.25) is 0 Å². The number of carbonyl (C=O) groups is 4. The summed E-state index contributed by atoms with van der Waals surface area (Å²) in [5.41, 5.74) is 1.64. The van der Waals surface area contributed by atoms with Gasteiger partial charge in [0.25, 0.3) is 0 Å². The van der Waals surface area contributed by atoms with Gasteiger partial charge in [0.05, 0.1) is 5.52 Å². The van der Waals surface area contributed by atoms with Crippen molar-refractivity contribution in [2.75, 3.05) is 30.9 Å². The number of benzene rings is 1. The Hall–Kier alpha value is -4.00. The molecule has 1 N–H and O–H groups in total. The Morgan fingerprint density at radius 3 is 2.08 bits per heavy atom. The normalized spacial score (nSPS) is 22.8. The molecular formula is C25H32N4O9. The van der Waals surface area contributed by atoms with Crippen LogP contribution in [0.1, 0.15) is 33.3 Å². The van der Waals surface area contributed by atoms with E-state index < -0.39 is 54.5 Å². The molecule has 0 bridgehead atoms. The molecule has 0 unspecified atom stereocenters. The first-order valence-electron chi connectivity index (χ1n) is 11.9. The highest BCUT2D eigenvalue weighted by Crippen LogP contribution is 2.31. The van der Waals surface area contributed by atoms with Gasteiger partial charge in [-0.2, -0.15) is 4.98 Å². The van der Waals surface area contributed by atoms with Gasteiger partial charge in [0.1, 0.15) is 18.5 Å². The van der Waals surface area contributed by atoms with Crippen LogP contribution in [0.4, 0.5) is 11.8 Å². The van der Waals surface area contributed by atoms with Gasteiger partial charge in [-0.25, -0.2) is 4.98 Å². The fourth-order valence-electron chi connectivity index (χ4n) is 4.10. The molecule has 13 nitrogen and oxygen atoms in total. The van der Waals surface area contributed by atoms with Crippen LogP contribution in [-0.2, 0) is 42.9 Å². The lowest BCUT2D eigenvalue weighted by Crippen LogP contribution is -2.64. The third kappa shape index (κ3) is 7.06. The first-order valence-corrected chi connectivity index (χ1v) is 11.9. The predicted molar refractivity (Wildman–Crippen MR) is 134 cm³/mol. The highest BCUT2D eigenvalue weighted by atomic mass is 16.7. The zero-order chi connectivity index (χ0) is 28.1. The Kier molecular flexibility index (Phi) is 9.04. The summed E-state index contributed by atoms with van der Waals surface area (Å²) in [5.74, 6) is -1.99. The number of nitrogens with zero attached hydrogens (tertiary/aromatic N) is 3. The van der Waals surface area contributed by atoms with Crippen molar-refractivity contribution in [2.45, 2.75) is 65.3 Å². The van der Waals surface area contributed by atoms with Gasteiger partial charge < -0.3 is 33.9 Å². The van der Waals surface area contributed by atoms with Crippen molar-refractivity contribution >= 4 is 46.5 Å². The highest BCUT2D eigenvalue weighted by molar-refractivity contribution is 5.90. The van der Waals surface area contributed by atoms with Crippen LogP contribution in [0.5, 0.6) is 0 Å². The Labute approximate surface area is 219 Å². The van der Waals surface area contributed by atoms with E-state index in [1.165, 1.54) is 13.8 Å². The van der Waals surface area contributed by atoms with E-state index in [0.29, 0.717) is 11.3 Å². The summed E-state index contributed by atoms with van der Waals surface area (Å²) < 4.78 is 27.6. The number of fused-ring (bicyclic) bond motifs is 1. The Bertz CT molecular complexity index is 1220. The number of carbonyl (C=O) groups excluding carboxylic acids is 4. The fraction of sp³-hybridized carbons (Fsp3) is 0.520. The van der Waals surface area contributed by atoms with Crippen LogP contribution < -0.4 is 10.2 Å². The quantitative estimate of drug-likeness (QED) is 0.386. The van der Waals surface area contributed by atoms with E-state index in [9.17, 15) is 19.2 Å². The molecule has 2 heterocycles. The number of nitrogens with one attached hydrogen (secondary N) is 1.